The Labute approximate surface area is 485 Å². The molecule has 8 aliphatic heterocycles. The maximum Gasteiger partial charge on any atom is 0.228 e. The van der Waals surface area contributed by atoms with Gasteiger partial charge in [-0.2, -0.15) is 0 Å². The summed E-state index contributed by atoms with van der Waals surface area (Å²) in [4.78, 5) is 54.3. The van der Waals surface area contributed by atoms with Crippen LogP contribution in [0.2, 0.25) is 5.02 Å². The summed E-state index contributed by atoms with van der Waals surface area (Å²) in [6, 6.07) is 8.49. The monoisotopic (exact) mass is 1160 g/mol. The Hall–Kier alpha value is -6.45. The Bertz CT molecular complexity index is 3530. The Morgan fingerprint density at radius 3 is 1.55 bits per heavy atom. The van der Waals surface area contributed by atoms with E-state index in [1.54, 1.807) is 16.7 Å². The van der Waals surface area contributed by atoms with Gasteiger partial charge in [-0.3, -0.25) is 29.4 Å². The molecule has 83 heavy (non-hydrogen) atoms. The first-order valence-corrected chi connectivity index (χ1v) is 29.3. The average Bonchev–Trinajstić information content (AvgIpc) is 4.27. The zero-order chi connectivity index (χ0) is 58.2. The van der Waals surface area contributed by atoms with Crippen molar-refractivity contribution in [3.8, 4) is 0 Å². The van der Waals surface area contributed by atoms with Crippen molar-refractivity contribution < 1.29 is 46.1 Å². The average molecular weight is 1160 g/mol. The van der Waals surface area contributed by atoms with E-state index in [9.17, 15) is 22.8 Å². The van der Waals surface area contributed by atoms with Gasteiger partial charge in [0, 0.05) is 138 Å². The Morgan fingerprint density at radius 1 is 0.554 bits per heavy atom. The lowest BCUT2D eigenvalue weighted by molar-refractivity contribution is -0.118. The molecule has 2 aromatic carbocycles. The van der Waals surface area contributed by atoms with Gasteiger partial charge in [-0.15, -0.1) is 0 Å². The van der Waals surface area contributed by atoms with Crippen molar-refractivity contribution in [1.29, 1.82) is 0 Å². The minimum atomic E-state index is -0.754. The van der Waals surface area contributed by atoms with E-state index in [0.29, 0.717) is 87.4 Å². The second kappa shape index (κ2) is 22.2. The Morgan fingerprint density at radius 2 is 1.02 bits per heavy atom. The number of halogens is 5. The van der Waals surface area contributed by atoms with Gasteiger partial charge in [0.1, 0.15) is 34.9 Å². The van der Waals surface area contributed by atoms with Crippen LogP contribution in [0, 0.1) is 47.9 Å². The number of benzene rings is 2. The van der Waals surface area contributed by atoms with Crippen molar-refractivity contribution >= 4 is 85.3 Å². The molecule has 0 atom stereocenters. The number of pyridine rings is 4. The summed E-state index contributed by atoms with van der Waals surface area (Å²) in [6.07, 6.45) is 8.52. The number of carbonyl (C=O) groups excluding carboxylic acids is 2. The third-order valence-electron chi connectivity index (χ3n) is 17.9. The van der Waals surface area contributed by atoms with Crippen molar-refractivity contribution in [2.45, 2.75) is 90.9 Å². The zero-order valence-electron chi connectivity index (χ0n) is 48.0. The molecule has 21 heteroatoms. The highest BCUT2D eigenvalue weighted by molar-refractivity contribution is 6.36. The van der Waals surface area contributed by atoms with Crippen LogP contribution in [0.15, 0.2) is 48.8 Å². The molecule has 4 aromatic heterocycles. The normalized spacial score (nSPS) is 21.3. The van der Waals surface area contributed by atoms with E-state index in [4.69, 9.17) is 45.5 Å². The predicted octanol–water partition coefficient (Wildman–Crippen LogP) is 10.6. The summed E-state index contributed by atoms with van der Waals surface area (Å²) in [7, 11) is 0. The molecule has 0 aliphatic carbocycles. The zero-order valence-corrected chi connectivity index (χ0v) is 48.8. The number of rotatable bonds is 5. The number of fused-ring (bicyclic) bond motifs is 6. The number of morpholine rings is 2. The molecule has 0 bridgehead atoms. The van der Waals surface area contributed by atoms with E-state index in [0.717, 1.165) is 120 Å². The van der Waals surface area contributed by atoms with E-state index >= 15 is 4.39 Å². The maximum absolute atomic E-state index is 15.8. The largest absolute Gasteiger partial charge is 0.383 e. The van der Waals surface area contributed by atoms with Gasteiger partial charge >= 0.3 is 0 Å². The molecule has 2 spiro atoms. The second-order valence-corrected chi connectivity index (χ2v) is 25.4. The molecular formula is C62H71ClF4N10O6. The van der Waals surface area contributed by atoms with Gasteiger partial charge < -0.3 is 39.0 Å². The molecular weight excluding hydrogens is 1090 g/mol. The predicted molar refractivity (Wildman–Crippen MR) is 313 cm³/mol. The van der Waals surface area contributed by atoms with Crippen LogP contribution in [0.5, 0.6) is 0 Å². The Balaban J connectivity index is 0.000000136. The maximum atomic E-state index is 15.8. The van der Waals surface area contributed by atoms with Gasteiger partial charge in [-0.25, -0.2) is 27.5 Å². The molecule has 16 nitrogen and oxygen atoms in total. The SMILES string of the molecule is Cc1c(N2CC(C)(C)CC2=O)nc2cc(F)cc(F)c2c1Cl.Cc1c(N2CC(C)(C)CC2=O)nc2cc(F)cc(F)c2c1N1CC2(CCOCC2)c2ncc(N3CCOCC3)cc21.c1nc2c(cc1N1CCOCC1)NCC21CCOCC1. The van der Waals surface area contributed by atoms with Gasteiger partial charge in [0.25, 0.3) is 0 Å². The van der Waals surface area contributed by atoms with Crippen LogP contribution in [-0.2, 0) is 39.4 Å². The summed E-state index contributed by atoms with van der Waals surface area (Å²) in [5, 5.41) is 4.06. The number of carbonyl (C=O) groups is 2. The number of nitrogens with zero attached hydrogens (tertiary/aromatic N) is 9. The molecule has 0 radical (unpaired) electrons. The summed E-state index contributed by atoms with van der Waals surface area (Å²) < 4.78 is 80.0. The number of nitrogens with one attached hydrogen (secondary N) is 1. The molecule has 6 aromatic rings. The highest BCUT2D eigenvalue weighted by Gasteiger charge is 2.48. The Kier molecular flexibility index (Phi) is 15.2. The highest BCUT2D eigenvalue weighted by atomic mass is 35.5. The fourth-order valence-corrected chi connectivity index (χ4v) is 13.8. The van der Waals surface area contributed by atoms with Gasteiger partial charge in [0.05, 0.1) is 105 Å². The van der Waals surface area contributed by atoms with Crippen LogP contribution in [0.4, 0.5) is 57.6 Å². The highest BCUT2D eigenvalue weighted by Crippen LogP contribution is 2.53. The second-order valence-electron chi connectivity index (χ2n) is 25.1. The van der Waals surface area contributed by atoms with E-state index in [1.165, 1.54) is 23.1 Å². The molecule has 6 saturated heterocycles. The number of hydrogen-bond acceptors (Lipinski definition) is 14. The van der Waals surface area contributed by atoms with Crippen molar-refractivity contribution in [1.82, 2.24) is 19.9 Å². The fourth-order valence-electron chi connectivity index (χ4n) is 13.5. The number of amides is 2. The third-order valence-corrected chi connectivity index (χ3v) is 18.4. The van der Waals surface area contributed by atoms with E-state index in [-0.39, 0.29) is 60.3 Å². The third kappa shape index (κ3) is 10.8. The molecule has 8 aliphatic rings. The van der Waals surface area contributed by atoms with Crippen LogP contribution in [-0.4, -0.2) is 137 Å². The molecule has 6 fully saturated rings. The van der Waals surface area contributed by atoms with Gasteiger partial charge in [0.2, 0.25) is 11.8 Å². The first kappa shape index (κ1) is 57.0. The number of ether oxygens (including phenoxy) is 4. The molecule has 440 valence electrons. The number of aromatic nitrogens is 4. The van der Waals surface area contributed by atoms with Crippen LogP contribution in [0.25, 0.3) is 21.8 Å². The van der Waals surface area contributed by atoms with Crippen LogP contribution in [0.1, 0.15) is 88.7 Å². The lowest BCUT2D eigenvalue weighted by Crippen LogP contribution is -2.38. The van der Waals surface area contributed by atoms with E-state index < -0.39 is 23.3 Å². The van der Waals surface area contributed by atoms with Crippen molar-refractivity contribution in [2.75, 3.05) is 135 Å². The summed E-state index contributed by atoms with van der Waals surface area (Å²) in [5.41, 5.74) is 8.24. The summed E-state index contributed by atoms with van der Waals surface area (Å²) in [6.45, 7) is 23.6. The van der Waals surface area contributed by atoms with Crippen LogP contribution in [0.3, 0.4) is 0 Å². The van der Waals surface area contributed by atoms with Gasteiger partial charge in [0.15, 0.2) is 0 Å². The van der Waals surface area contributed by atoms with E-state index in [1.807, 2.05) is 47.0 Å². The minimum Gasteiger partial charge on any atom is -0.383 e. The summed E-state index contributed by atoms with van der Waals surface area (Å²) in [5.74, 6) is -2.11. The standard InChI is InChI=1S/C31H35F2N5O3.C16H15ClF2N2O.C15H21N3O2/c1-19-27(26-22(33)12-20(32)13-23(26)35-29(19)38-17-30(2,3)15-25(38)39)37-18-31(4-8-40-9-5-31)28-24(37)14-21(16-34-28)36-6-10-41-11-7-36;1-8-14(17)13-10(19)4-9(18)5-11(13)20-15(8)21-7-16(2,3)6-12(21)22;1-5-19-6-2-15(1)11-17-13-9-12(10-16-14(13)15)18-3-7-20-8-4-18/h12-14,16H,4-11,15,17-18H2,1-3H3;4-5H,6-7H2,1-3H3;9-10,17H,1-8,11H2. The fraction of sp³-hybridized carbons (Fsp3) is 0.516. The smallest absolute Gasteiger partial charge is 0.228 e. The topological polar surface area (TPSA) is 151 Å². The molecule has 1 N–H and O–H groups in total. The minimum absolute atomic E-state index is 0.0354. The quantitative estimate of drug-likeness (QED) is 0.163. The van der Waals surface area contributed by atoms with Crippen molar-refractivity contribution in [2.24, 2.45) is 10.8 Å². The lowest BCUT2D eigenvalue weighted by atomic mass is 9.78. The lowest BCUT2D eigenvalue weighted by Gasteiger charge is -2.34. The number of anilines is 7. The first-order valence-electron chi connectivity index (χ1n) is 28.9. The van der Waals surface area contributed by atoms with Crippen LogP contribution < -0.4 is 29.8 Å². The molecule has 12 heterocycles. The molecule has 0 unspecified atom stereocenters. The van der Waals surface area contributed by atoms with Crippen LogP contribution >= 0.6 is 11.6 Å². The van der Waals surface area contributed by atoms with Crippen molar-refractivity contribution in [3.63, 3.8) is 0 Å². The molecule has 14 rings (SSSR count). The summed E-state index contributed by atoms with van der Waals surface area (Å²) >= 11 is 6.25. The molecule has 0 saturated carbocycles. The first-order chi connectivity index (χ1) is 39.7. The van der Waals surface area contributed by atoms with Gasteiger partial charge in [-0.05, 0) is 62.5 Å². The van der Waals surface area contributed by atoms with Gasteiger partial charge in [-0.1, -0.05) is 39.3 Å². The van der Waals surface area contributed by atoms with Crippen molar-refractivity contribution in [3.05, 3.63) is 99.6 Å². The number of hydrogen-bond donors (Lipinski definition) is 1. The molecule has 2 amide bonds. The van der Waals surface area contributed by atoms with E-state index in [2.05, 4.69) is 37.1 Å².